The quantitative estimate of drug-likeness (QED) is 0.495. The Morgan fingerprint density at radius 2 is 1.70 bits per heavy atom. The highest BCUT2D eigenvalue weighted by atomic mass is 32.2. The molecule has 3 aromatic rings. The molecule has 1 heterocycles. The number of carbonyl (C=O) groups excluding carboxylic acids is 1. The number of fused-ring (bicyclic) bond motifs is 1. The van der Waals surface area contributed by atoms with Gasteiger partial charge in [0.05, 0.1) is 47.8 Å². The van der Waals surface area contributed by atoms with E-state index in [9.17, 15) is 4.79 Å². The minimum Gasteiger partial charge on any atom is -0.497 e. The summed E-state index contributed by atoms with van der Waals surface area (Å²) in [6, 6.07) is 21.4. The predicted octanol–water partition coefficient (Wildman–Crippen LogP) is 5.94. The highest BCUT2D eigenvalue weighted by Crippen LogP contribution is 2.34. The average Bonchev–Trinajstić information content (AvgIpc) is 3.02. The standard InChI is InChI=1S/C26H25N3O3S/c1-17-8-10-18(11-9-17)23-15-26(29-21-7-5-4-6-20(21)27-23)33-16-25(30)28-22-13-12-19(31-2)14-24(22)32-3/h4-14H,15-16H2,1-3H3,(H,28,30). The molecule has 168 valence electrons. The number of para-hydroxylation sites is 2. The van der Waals surface area contributed by atoms with E-state index >= 15 is 0 Å². The molecule has 0 aliphatic carbocycles. The Kier molecular flexibility index (Phi) is 7.10. The maximum absolute atomic E-state index is 12.7. The number of aliphatic imine (C=N–C) groups is 2. The minimum absolute atomic E-state index is 0.141. The summed E-state index contributed by atoms with van der Waals surface area (Å²) >= 11 is 1.42. The molecule has 0 radical (unpaired) electrons. The molecule has 7 heteroatoms. The molecule has 0 bridgehead atoms. The molecule has 1 aliphatic heterocycles. The van der Waals surface area contributed by atoms with Crippen molar-refractivity contribution in [1.82, 2.24) is 0 Å². The van der Waals surface area contributed by atoms with E-state index in [0.29, 0.717) is 23.6 Å². The van der Waals surface area contributed by atoms with E-state index < -0.39 is 0 Å². The number of nitrogens with one attached hydrogen (secondary N) is 1. The van der Waals surface area contributed by atoms with Crippen molar-refractivity contribution in [2.75, 3.05) is 25.3 Å². The van der Waals surface area contributed by atoms with E-state index in [2.05, 4.69) is 36.5 Å². The van der Waals surface area contributed by atoms with Crippen molar-refractivity contribution < 1.29 is 14.3 Å². The molecule has 0 aromatic heterocycles. The first-order valence-electron chi connectivity index (χ1n) is 10.5. The van der Waals surface area contributed by atoms with Gasteiger partial charge in [-0.2, -0.15) is 0 Å². The molecule has 0 atom stereocenters. The van der Waals surface area contributed by atoms with E-state index in [1.54, 1.807) is 32.4 Å². The molecule has 1 N–H and O–H groups in total. The number of anilines is 1. The molecular weight excluding hydrogens is 434 g/mol. The summed E-state index contributed by atoms with van der Waals surface area (Å²) in [5, 5.41) is 3.75. The van der Waals surface area contributed by atoms with Gasteiger partial charge in [0.1, 0.15) is 11.5 Å². The number of amides is 1. The average molecular weight is 460 g/mol. The predicted molar refractivity (Wildman–Crippen MR) is 136 cm³/mol. The topological polar surface area (TPSA) is 72.3 Å². The van der Waals surface area contributed by atoms with Gasteiger partial charge in [-0.15, -0.1) is 11.8 Å². The first-order valence-corrected chi connectivity index (χ1v) is 11.5. The van der Waals surface area contributed by atoms with Gasteiger partial charge in [-0.05, 0) is 36.8 Å². The van der Waals surface area contributed by atoms with Crippen LogP contribution in [0.5, 0.6) is 11.5 Å². The van der Waals surface area contributed by atoms with Crippen LogP contribution in [0.2, 0.25) is 0 Å². The maximum Gasteiger partial charge on any atom is 0.234 e. The zero-order valence-electron chi connectivity index (χ0n) is 18.8. The number of methoxy groups -OCH3 is 2. The van der Waals surface area contributed by atoms with Crippen molar-refractivity contribution in [2.24, 2.45) is 9.98 Å². The summed E-state index contributed by atoms with van der Waals surface area (Å²) in [6.45, 7) is 2.06. The number of benzene rings is 3. The largest absolute Gasteiger partial charge is 0.497 e. The minimum atomic E-state index is -0.141. The van der Waals surface area contributed by atoms with Crippen LogP contribution in [-0.4, -0.2) is 36.6 Å². The van der Waals surface area contributed by atoms with Crippen LogP contribution in [0.15, 0.2) is 76.7 Å². The van der Waals surface area contributed by atoms with Crippen molar-refractivity contribution >= 4 is 45.5 Å². The van der Waals surface area contributed by atoms with Gasteiger partial charge in [0, 0.05) is 12.5 Å². The van der Waals surface area contributed by atoms with E-state index in [1.165, 1.54) is 17.3 Å². The fraction of sp³-hybridized carbons (Fsp3) is 0.192. The molecule has 0 spiro atoms. The fourth-order valence-electron chi connectivity index (χ4n) is 3.39. The van der Waals surface area contributed by atoms with E-state index in [0.717, 1.165) is 27.7 Å². The van der Waals surface area contributed by atoms with E-state index in [-0.39, 0.29) is 11.7 Å². The Hall–Kier alpha value is -3.58. The molecule has 6 nitrogen and oxygen atoms in total. The second kappa shape index (κ2) is 10.4. The van der Waals surface area contributed by atoms with Crippen molar-refractivity contribution in [2.45, 2.75) is 13.3 Å². The van der Waals surface area contributed by atoms with Crippen molar-refractivity contribution in [3.05, 3.63) is 77.9 Å². The zero-order chi connectivity index (χ0) is 23.2. The Balaban J connectivity index is 1.50. The first-order chi connectivity index (χ1) is 16.1. The third-order valence-corrected chi connectivity index (χ3v) is 6.11. The highest BCUT2D eigenvalue weighted by molar-refractivity contribution is 8.14. The number of aryl methyl sites for hydroxylation is 1. The third-order valence-electron chi connectivity index (χ3n) is 5.14. The van der Waals surface area contributed by atoms with Gasteiger partial charge < -0.3 is 14.8 Å². The number of ether oxygens (including phenoxy) is 2. The number of nitrogens with zero attached hydrogens (tertiary/aromatic N) is 2. The second-order valence-corrected chi connectivity index (χ2v) is 8.55. The van der Waals surface area contributed by atoms with Crippen LogP contribution in [0.3, 0.4) is 0 Å². The molecule has 0 unspecified atom stereocenters. The van der Waals surface area contributed by atoms with Gasteiger partial charge in [-0.3, -0.25) is 9.79 Å². The van der Waals surface area contributed by atoms with Crippen molar-refractivity contribution in [3.63, 3.8) is 0 Å². The van der Waals surface area contributed by atoms with Crippen LogP contribution in [-0.2, 0) is 4.79 Å². The van der Waals surface area contributed by atoms with Crippen LogP contribution in [0.1, 0.15) is 17.5 Å². The monoisotopic (exact) mass is 459 g/mol. The lowest BCUT2D eigenvalue weighted by atomic mass is 10.1. The Morgan fingerprint density at radius 1 is 0.970 bits per heavy atom. The van der Waals surface area contributed by atoms with Crippen LogP contribution >= 0.6 is 11.8 Å². The summed E-state index contributed by atoms with van der Waals surface area (Å²) < 4.78 is 10.6. The molecule has 0 saturated carbocycles. The second-order valence-electron chi connectivity index (χ2n) is 7.50. The normalized spacial score (nSPS) is 12.7. The van der Waals surface area contributed by atoms with E-state index in [4.69, 9.17) is 19.5 Å². The van der Waals surface area contributed by atoms with Crippen molar-refractivity contribution in [1.29, 1.82) is 0 Å². The van der Waals surface area contributed by atoms with Crippen LogP contribution in [0, 0.1) is 6.92 Å². The van der Waals surface area contributed by atoms with Gasteiger partial charge in [0.2, 0.25) is 5.91 Å². The van der Waals surface area contributed by atoms with Gasteiger partial charge in [-0.25, -0.2) is 4.99 Å². The number of carbonyl (C=O) groups is 1. The summed E-state index contributed by atoms with van der Waals surface area (Å²) in [5.41, 5.74) is 5.41. The summed E-state index contributed by atoms with van der Waals surface area (Å²) in [6.07, 6.45) is 0.557. The SMILES string of the molecule is COc1ccc(NC(=O)CSC2=Nc3ccccc3N=C(c3ccc(C)cc3)C2)c(OC)c1. The Labute approximate surface area is 197 Å². The molecule has 33 heavy (non-hydrogen) atoms. The lowest BCUT2D eigenvalue weighted by Gasteiger charge is -2.12. The Morgan fingerprint density at radius 3 is 2.39 bits per heavy atom. The summed E-state index contributed by atoms with van der Waals surface area (Å²) in [7, 11) is 3.15. The fourth-order valence-corrected chi connectivity index (χ4v) is 4.16. The molecular formula is C26H25N3O3S. The third kappa shape index (κ3) is 5.62. The molecule has 0 fully saturated rings. The first kappa shape index (κ1) is 22.6. The summed E-state index contributed by atoms with van der Waals surface area (Å²) in [5.74, 6) is 1.28. The molecule has 1 aliphatic rings. The number of rotatable bonds is 6. The van der Waals surface area contributed by atoms with Gasteiger partial charge in [0.15, 0.2) is 0 Å². The summed E-state index contributed by atoms with van der Waals surface area (Å²) in [4.78, 5) is 22.4. The van der Waals surface area contributed by atoms with Crippen molar-refractivity contribution in [3.8, 4) is 11.5 Å². The molecule has 0 saturated heterocycles. The number of thioether (sulfide) groups is 1. The van der Waals surface area contributed by atoms with E-state index in [1.807, 2.05) is 24.3 Å². The van der Waals surface area contributed by atoms with Gasteiger partial charge in [0.25, 0.3) is 0 Å². The van der Waals surface area contributed by atoms with Gasteiger partial charge >= 0.3 is 0 Å². The van der Waals surface area contributed by atoms with Crippen LogP contribution in [0.4, 0.5) is 17.1 Å². The molecule has 4 rings (SSSR count). The molecule has 3 aromatic carbocycles. The van der Waals surface area contributed by atoms with Crippen LogP contribution < -0.4 is 14.8 Å². The number of hydrogen-bond acceptors (Lipinski definition) is 6. The number of hydrogen-bond donors (Lipinski definition) is 1. The lowest BCUT2D eigenvalue weighted by Crippen LogP contribution is -2.16. The maximum atomic E-state index is 12.7. The lowest BCUT2D eigenvalue weighted by molar-refractivity contribution is -0.113. The highest BCUT2D eigenvalue weighted by Gasteiger charge is 2.17. The van der Waals surface area contributed by atoms with Gasteiger partial charge in [-0.1, -0.05) is 42.0 Å². The smallest absolute Gasteiger partial charge is 0.234 e. The molecule has 1 amide bonds. The zero-order valence-corrected chi connectivity index (χ0v) is 19.6. The van der Waals surface area contributed by atoms with Crippen LogP contribution in [0.25, 0.3) is 0 Å². The Bertz CT molecular complexity index is 1220.